The average Bonchev–Trinajstić information content (AvgIpc) is 2.75. The van der Waals surface area contributed by atoms with Gasteiger partial charge in [-0.1, -0.05) is 13.8 Å². The van der Waals surface area contributed by atoms with Crippen LogP contribution in [0.3, 0.4) is 0 Å². The summed E-state index contributed by atoms with van der Waals surface area (Å²) >= 11 is 1.72. The van der Waals surface area contributed by atoms with Crippen molar-refractivity contribution in [1.82, 2.24) is 15.6 Å². The largest absolute Gasteiger partial charge is 0.380 e. The lowest BCUT2D eigenvalue weighted by Gasteiger charge is -2.12. The molecule has 1 aromatic heterocycles. The Morgan fingerprint density at radius 3 is 2.62 bits per heavy atom. The second kappa shape index (κ2) is 9.73. The number of aromatic nitrogens is 1. The molecule has 0 unspecified atom stereocenters. The number of hydrogen-bond donors (Lipinski definition) is 2. The molecule has 1 aromatic rings. The van der Waals surface area contributed by atoms with E-state index in [-0.39, 0.29) is 0 Å². The van der Waals surface area contributed by atoms with E-state index in [4.69, 9.17) is 4.74 Å². The number of thiazole rings is 1. The highest BCUT2D eigenvalue weighted by atomic mass is 32.1. The van der Waals surface area contributed by atoms with Gasteiger partial charge in [0.25, 0.3) is 0 Å². The van der Waals surface area contributed by atoms with Crippen LogP contribution in [-0.2, 0) is 11.3 Å². The van der Waals surface area contributed by atoms with Crippen molar-refractivity contribution < 1.29 is 4.74 Å². The Labute approximate surface area is 132 Å². The van der Waals surface area contributed by atoms with Gasteiger partial charge in [0.05, 0.1) is 23.9 Å². The second-order valence-electron chi connectivity index (χ2n) is 5.39. The molecule has 0 aliphatic rings. The Bertz CT molecular complexity index is 443. The van der Waals surface area contributed by atoms with Crippen LogP contribution in [0.15, 0.2) is 4.99 Å². The summed E-state index contributed by atoms with van der Waals surface area (Å²) in [7, 11) is 1.78. The predicted octanol–water partition coefficient (Wildman–Crippen LogP) is 2.49. The fourth-order valence-corrected chi connectivity index (χ4v) is 2.66. The van der Waals surface area contributed by atoms with E-state index in [0.717, 1.165) is 42.8 Å². The van der Waals surface area contributed by atoms with Crippen LogP contribution in [-0.4, -0.2) is 37.7 Å². The summed E-state index contributed by atoms with van der Waals surface area (Å²) in [6, 6.07) is 0. The number of aryl methyl sites for hydroxylation is 2. The van der Waals surface area contributed by atoms with Crippen molar-refractivity contribution in [2.24, 2.45) is 10.9 Å². The summed E-state index contributed by atoms with van der Waals surface area (Å²) < 4.78 is 5.57. The van der Waals surface area contributed by atoms with E-state index in [1.807, 2.05) is 13.8 Å². The Hall–Kier alpha value is -1.14. The first-order valence-corrected chi connectivity index (χ1v) is 8.29. The first kappa shape index (κ1) is 17.9. The molecule has 1 heterocycles. The molecule has 0 radical (unpaired) electrons. The highest BCUT2D eigenvalue weighted by Gasteiger charge is 2.05. The molecule has 0 aromatic carbocycles. The average molecular weight is 312 g/mol. The molecule has 0 atom stereocenters. The number of hydrogen-bond acceptors (Lipinski definition) is 4. The zero-order valence-electron chi connectivity index (χ0n) is 13.8. The van der Waals surface area contributed by atoms with Gasteiger partial charge in [-0.25, -0.2) is 4.98 Å². The second-order valence-corrected chi connectivity index (χ2v) is 6.68. The maximum atomic E-state index is 5.57. The van der Waals surface area contributed by atoms with Crippen molar-refractivity contribution in [3.05, 3.63) is 15.6 Å². The standard InChI is InChI=1S/C15H28N4OS/c1-11(2)6-8-20-9-7-17-15(16-5)18-10-14-12(3)19-13(4)21-14/h11H,6-10H2,1-5H3,(H2,16,17,18). The SMILES string of the molecule is CN=C(NCCOCCC(C)C)NCc1sc(C)nc1C. The normalized spacial score (nSPS) is 12.0. The monoisotopic (exact) mass is 312 g/mol. The number of rotatable bonds is 8. The minimum Gasteiger partial charge on any atom is -0.380 e. The fourth-order valence-electron chi connectivity index (χ4n) is 1.78. The molecule has 0 spiro atoms. The molecule has 6 heteroatoms. The van der Waals surface area contributed by atoms with Crippen molar-refractivity contribution in [3.63, 3.8) is 0 Å². The quantitative estimate of drug-likeness (QED) is 0.440. The third-order valence-electron chi connectivity index (χ3n) is 3.02. The predicted molar refractivity (Wildman–Crippen MR) is 90.1 cm³/mol. The third-order valence-corrected chi connectivity index (χ3v) is 4.09. The van der Waals surface area contributed by atoms with E-state index < -0.39 is 0 Å². The molecule has 0 saturated heterocycles. The molecule has 120 valence electrons. The summed E-state index contributed by atoms with van der Waals surface area (Å²) in [4.78, 5) is 9.89. The molecule has 0 aliphatic heterocycles. The lowest BCUT2D eigenvalue weighted by atomic mass is 10.1. The molecule has 0 amide bonds. The molecule has 0 bridgehead atoms. The van der Waals surface area contributed by atoms with Crippen LogP contribution < -0.4 is 10.6 Å². The third kappa shape index (κ3) is 7.43. The zero-order valence-corrected chi connectivity index (χ0v) is 14.6. The molecule has 0 aliphatic carbocycles. The maximum absolute atomic E-state index is 5.57. The number of aliphatic imine (C=N–C) groups is 1. The highest BCUT2D eigenvalue weighted by molar-refractivity contribution is 7.11. The summed E-state index contributed by atoms with van der Waals surface area (Å²) in [5.74, 6) is 1.49. The lowest BCUT2D eigenvalue weighted by Crippen LogP contribution is -2.38. The zero-order chi connectivity index (χ0) is 15.7. The van der Waals surface area contributed by atoms with Gasteiger partial charge in [0, 0.05) is 25.1 Å². The van der Waals surface area contributed by atoms with Crippen LogP contribution in [0.25, 0.3) is 0 Å². The van der Waals surface area contributed by atoms with Crippen molar-refractivity contribution in [2.75, 3.05) is 26.8 Å². The minimum absolute atomic E-state index is 0.693. The summed E-state index contributed by atoms with van der Waals surface area (Å²) in [6.45, 7) is 11.5. The molecule has 2 N–H and O–H groups in total. The van der Waals surface area contributed by atoms with Gasteiger partial charge in [0.15, 0.2) is 5.96 Å². The van der Waals surface area contributed by atoms with Crippen molar-refractivity contribution >= 4 is 17.3 Å². The van der Waals surface area contributed by atoms with Crippen LogP contribution in [0.1, 0.15) is 35.8 Å². The van der Waals surface area contributed by atoms with Crippen LogP contribution in [0.4, 0.5) is 0 Å². The Kier molecular flexibility index (Phi) is 8.30. The first-order valence-electron chi connectivity index (χ1n) is 7.48. The summed E-state index contributed by atoms with van der Waals surface area (Å²) in [6.07, 6.45) is 1.11. The van der Waals surface area contributed by atoms with Gasteiger partial charge in [0.2, 0.25) is 0 Å². The van der Waals surface area contributed by atoms with E-state index in [0.29, 0.717) is 12.5 Å². The van der Waals surface area contributed by atoms with Crippen LogP contribution in [0, 0.1) is 19.8 Å². The topological polar surface area (TPSA) is 58.5 Å². The molecule has 0 saturated carbocycles. The van der Waals surface area contributed by atoms with Gasteiger partial charge < -0.3 is 15.4 Å². The van der Waals surface area contributed by atoms with E-state index in [2.05, 4.69) is 34.5 Å². The fraction of sp³-hybridized carbons (Fsp3) is 0.733. The van der Waals surface area contributed by atoms with Gasteiger partial charge in [-0.3, -0.25) is 4.99 Å². The number of nitrogens with zero attached hydrogens (tertiary/aromatic N) is 2. The molecule has 0 fully saturated rings. The molecule has 21 heavy (non-hydrogen) atoms. The van der Waals surface area contributed by atoms with Gasteiger partial charge in [-0.15, -0.1) is 11.3 Å². The van der Waals surface area contributed by atoms with E-state index in [1.54, 1.807) is 18.4 Å². The molecule has 5 nitrogen and oxygen atoms in total. The van der Waals surface area contributed by atoms with Crippen LogP contribution in [0.5, 0.6) is 0 Å². The van der Waals surface area contributed by atoms with Gasteiger partial charge >= 0.3 is 0 Å². The number of ether oxygens (including phenoxy) is 1. The minimum atomic E-state index is 0.693. The molecule has 1 rings (SSSR count). The van der Waals surface area contributed by atoms with E-state index in [1.165, 1.54) is 4.88 Å². The van der Waals surface area contributed by atoms with Gasteiger partial charge in [-0.05, 0) is 26.2 Å². The Balaban J connectivity index is 2.19. The maximum Gasteiger partial charge on any atom is 0.191 e. The van der Waals surface area contributed by atoms with Crippen molar-refractivity contribution in [2.45, 2.75) is 40.7 Å². The van der Waals surface area contributed by atoms with Crippen LogP contribution >= 0.6 is 11.3 Å². The summed E-state index contributed by atoms with van der Waals surface area (Å²) in [5.41, 5.74) is 1.09. The Morgan fingerprint density at radius 1 is 1.29 bits per heavy atom. The van der Waals surface area contributed by atoms with E-state index >= 15 is 0 Å². The van der Waals surface area contributed by atoms with E-state index in [9.17, 15) is 0 Å². The smallest absolute Gasteiger partial charge is 0.191 e. The molecular weight excluding hydrogens is 284 g/mol. The Morgan fingerprint density at radius 2 is 2.05 bits per heavy atom. The van der Waals surface area contributed by atoms with Gasteiger partial charge in [0.1, 0.15) is 0 Å². The van der Waals surface area contributed by atoms with Crippen molar-refractivity contribution in [1.29, 1.82) is 0 Å². The number of guanidine groups is 1. The molecular formula is C15H28N4OS. The van der Waals surface area contributed by atoms with Crippen molar-refractivity contribution in [3.8, 4) is 0 Å². The number of nitrogens with one attached hydrogen (secondary N) is 2. The highest BCUT2D eigenvalue weighted by Crippen LogP contribution is 2.16. The lowest BCUT2D eigenvalue weighted by molar-refractivity contribution is 0.128. The van der Waals surface area contributed by atoms with Gasteiger partial charge in [-0.2, -0.15) is 0 Å². The van der Waals surface area contributed by atoms with Crippen LogP contribution in [0.2, 0.25) is 0 Å². The first-order chi connectivity index (χ1) is 10.0. The summed E-state index contributed by atoms with van der Waals surface area (Å²) in [5, 5.41) is 7.66.